The lowest BCUT2D eigenvalue weighted by Gasteiger charge is -2.32. The third-order valence-electron chi connectivity index (χ3n) is 4.94. The molecule has 0 saturated carbocycles. The second-order valence-electron chi connectivity index (χ2n) is 7.30. The Hall–Kier alpha value is -1.48. The van der Waals surface area contributed by atoms with E-state index in [-0.39, 0.29) is 24.0 Å². The Morgan fingerprint density at radius 3 is 2.57 bits per heavy atom. The van der Waals surface area contributed by atoms with Crippen LogP contribution in [0, 0.1) is 17.3 Å². The fourth-order valence-electron chi connectivity index (χ4n) is 4.26. The molecule has 1 aromatic rings. The highest BCUT2D eigenvalue weighted by Crippen LogP contribution is 2.56. The van der Waals surface area contributed by atoms with Gasteiger partial charge in [-0.3, -0.25) is 0 Å². The molecular weight excluding hydrogens is 262 g/mol. The molecule has 0 aliphatic carbocycles. The predicted molar refractivity (Wildman–Crippen MR) is 83.8 cm³/mol. The first-order valence-corrected chi connectivity index (χ1v) is 7.80. The number of aromatic hydroxyl groups is 1. The van der Waals surface area contributed by atoms with Crippen molar-refractivity contribution in [2.45, 2.75) is 33.2 Å². The van der Waals surface area contributed by atoms with E-state index >= 15 is 0 Å². The van der Waals surface area contributed by atoms with Crippen molar-refractivity contribution in [2.75, 3.05) is 13.2 Å². The summed E-state index contributed by atoms with van der Waals surface area (Å²) >= 11 is 0. The van der Waals surface area contributed by atoms with Gasteiger partial charge in [-0.15, -0.1) is 0 Å². The molecule has 3 rings (SSSR count). The lowest BCUT2D eigenvalue weighted by atomic mass is 9.71. The molecule has 2 aliphatic rings. The van der Waals surface area contributed by atoms with Crippen molar-refractivity contribution in [3.8, 4) is 5.75 Å². The smallest absolute Gasteiger partial charge is 0.120 e. The number of phenolic OH excluding ortho intramolecular Hbond substituents is 1. The molecule has 2 aliphatic heterocycles. The molecule has 3 atom stereocenters. The second-order valence-corrected chi connectivity index (χ2v) is 7.30. The minimum atomic E-state index is 0.0779. The molecular formula is C18H25NO2. The van der Waals surface area contributed by atoms with E-state index < -0.39 is 0 Å². The van der Waals surface area contributed by atoms with E-state index in [2.05, 4.69) is 31.7 Å². The van der Waals surface area contributed by atoms with Crippen LogP contribution >= 0.6 is 0 Å². The van der Waals surface area contributed by atoms with E-state index in [1.165, 1.54) is 5.70 Å². The summed E-state index contributed by atoms with van der Waals surface area (Å²) in [6.07, 6.45) is 3.38. The molecule has 0 radical (unpaired) electrons. The van der Waals surface area contributed by atoms with Gasteiger partial charge in [-0.05, 0) is 17.9 Å². The zero-order chi connectivity index (χ0) is 15.2. The van der Waals surface area contributed by atoms with Gasteiger partial charge in [-0.25, -0.2) is 0 Å². The standard InChI is InChI=1S/C18H25NO2/c1-18(2,3)16-13(11-20)17(19-10-6-8-14(16)19)12-7-4-5-9-15(12)21/h4-5,7-9,13,16-17,20-21H,6,10-11H2,1-3H3/t13-,16?,17-/m1/s1. The van der Waals surface area contributed by atoms with Crippen LogP contribution in [0.4, 0.5) is 0 Å². The average Bonchev–Trinajstić information content (AvgIpc) is 2.97. The molecule has 0 bridgehead atoms. The van der Waals surface area contributed by atoms with Gasteiger partial charge in [0.25, 0.3) is 0 Å². The lowest BCUT2D eigenvalue weighted by Crippen LogP contribution is -2.30. The molecule has 0 aromatic heterocycles. The molecule has 1 aromatic carbocycles. The number of hydrogen-bond donors (Lipinski definition) is 2. The Bertz CT molecular complexity index is 559. The Labute approximate surface area is 126 Å². The third kappa shape index (κ3) is 2.24. The summed E-state index contributed by atoms with van der Waals surface area (Å²) in [5.74, 6) is 0.793. The topological polar surface area (TPSA) is 43.7 Å². The predicted octanol–water partition coefficient (Wildman–Crippen LogP) is 3.31. The van der Waals surface area contributed by atoms with Gasteiger partial charge in [0.15, 0.2) is 0 Å². The second kappa shape index (κ2) is 5.06. The summed E-state index contributed by atoms with van der Waals surface area (Å²) < 4.78 is 0. The quantitative estimate of drug-likeness (QED) is 0.877. The van der Waals surface area contributed by atoms with E-state index in [9.17, 15) is 10.2 Å². The van der Waals surface area contributed by atoms with E-state index in [4.69, 9.17) is 0 Å². The Balaban J connectivity index is 2.09. The summed E-state index contributed by atoms with van der Waals surface area (Å²) in [5, 5.41) is 20.3. The maximum atomic E-state index is 10.3. The number of phenols is 1. The summed E-state index contributed by atoms with van der Waals surface area (Å²) in [4.78, 5) is 2.39. The fraction of sp³-hybridized carbons (Fsp3) is 0.556. The van der Waals surface area contributed by atoms with Gasteiger partial charge in [0.05, 0.1) is 6.04 Å². The van der Waals surface area contributed by atoms with Crippen LogP contribution < -0.4 is 0 Å². The molecule has 114 valence electrons. The molecule has 1 unspecified atom stereocenters. The molecule has 2 heterocycles. The number of para-hydroxylation sites is 1. The van der Waals surface area contributed by atoms with Crippen molar-refractivity contribution < 1.29 is 10.2 Å². The molecule has 3 nitrogen and oxygen atoms in total. The Morgan fingerprint density at radius 2 is 1.95 bits per heavy atom. The number of allylic oxidation sites excluding steroid dienone is 1. The van der Waals surface area contributed by atoms with Crippen molar-refractivity contribution in [2.24, 2.45) is 17.3 Å². The van der Waals surface area contributed by atoms with Crippen molar-refractivity contribution in [3.63, 3.8) is 0 Å². The fourth-order valence-corrected chi connectivity index (χ4v) is 4.26. The van der Waals surface area contributed by atoms with E-state index in [1.54, 1.807) is 6.07 Å². The van der Waals surface area contributed by atoms with Crippen molar-refractivity contribution >= 4 is 0 Å². The zero-order valence-corrected chi connectivity index (χ0v) is 13.1. The molecule has 0 spiro atoms. The SMILES string of the molecule is CC(C)(C)C1C2=CCCN2[C@H](c2ccccc2O)[C@@H]1CO. The van der Waals surface area contributed by atoms with Gasteiger partial charge in [0, 0.05) is 36.2 Å². The van der Waals surface area contributed by atoms with Crippen LogP contribution in [0.25, 0.3) is 0 Å². The summed E-state index contributed by atoms with van der Waals surface area (Å²) in [5.41, 5.74) is 2.40. The summed E-state index contributed by atoms with van der Waals surface area (Å²) in [6.45, 7) is 7.85. The first-order chi connectivity index (χ1) is 9.95. The number of benzene rings is 1. The van der Waals surface area contributed by atoms with Gasteiger partial charge in [-0.1, -0.05) is 45.0 Å². The van der Waals surface area contributed by atoms with E-state index in [0.29, 0.717) is 11.7 Å². The van der Waals surface area contributed by atoms with Crippen LogP contribution in [-0.2, 0) is 0 Å². The summed E-state index contributed by atoms with van der Waals surface area (Å²) in [6, 6.07) is 7.63. The van der Waals surface area contributed by atoms with Crippen LogP contribution in [0.1, 0.15) is 38.8 Å². The Morgan fingerprint density at radius 1 is 1.24 bits per heavy atom. The van der Waals surface area contributed by atoms with Gasteiger partial charge in [0.1, 0.15) is 5.75 Å². The molecule has 0 amide bonds. The number of aliphatic hydroxyl groups is 1. The first kappa shape index (κ1) is 14.5. The van der Waals surface area contributed by atoms with Crippen LogP contribution in [0.3, 0.4) is 0 Å². The highest BCUT2D eigenvalue weighted by molar-refractivity contribution is 5.39. The van der Waals surface area contributed by atoms with E-state index in [1.807, 2.05) is 18.2 Å². The largest absolute Gasteiger partial charge is 0.508 e. The number of fused-ring (bicyclic) bond motifs is 1. The van der Waals surface area contributed by atoms with Crippen LogP contribution in [0.15, 0.2) is 36.0 Å². The normalized spacial score (nSPS) is 28.7. The van der Waals surface area contributed by atoms with Gasteiger partial charge < -0.3 is 15.1 Å². The van der Waals surface area contributed by atoms with Crippen molar-refractivity contribution in [1.29, 1.82) is 0 Å². The lowest BCUT2D eigenvalue weighted by molar-refractivity contribution is 0.117. The number of hydrogen-bond acceptors (Lipinski definition) is 3. The molecule has 1 fully saturated rings. The van der Waals surface area contributed by atoms with Gasteiger partial charge >= 0.3 is 0 Å². The first-order valence-electron chi connectivity index (χ1n) is 7.80. The Kier molecular flexibility index (Phi) is 3.48. The maximum Gasteiger partial charge on any atom is 0.120 e. The van der Waals surface area contributed by atoms with Crippen LogP contribution in [-0.4, -0.2) is 28.3 Å². The van der Waals surface area contributed by atoms with Crippen LogP contribution in [0.5, 0.6) is 5.75 Å². The summed E-state index contributed by atoms with van der Waals surface area (Å²) in [7, 11) is 0. The number of rotatable bonds is 2. The highest BCUT2D eigenvalue weighted by Gasteiger charge is 2.51. The third-order valence-corrected chi connectivity index (χ3v) is 4.94. The monoisotopic (exact) mass is 287 g/mol. The minimum Gasteiger partial charge on any atom is -0.508 e. The molecule has 1 saturated heterocycles. The molecule has 21 heavy (non-hydrogen) atoms. The van der Waals surface area contributed by atoms with E-state index in [0.717, 1.165) is 18.5 Å². The van der Waals surface area contributed by atoms with Gasteiger partial charge in [-0.2, -0.15) is 0 Å². The zero-order valence-electron chi connectivity index (χ0n) is 13.1. The maximum absolute atomic E-state index is 10.3. The van der Waals surface area contributed by atoms with Gasteiger partial charge in [0.2, 0.25) is 0 Å². The molecule has 2 N–H and O–H groups in total. The molecule has 3 heteroatoms. The van der Waals surface area contributed by atoms with Crippen molar-refractivity contribution in [3.05, 3.63) is 41.6 Å². The number of nitrogens with zero attached hydrogens (tertiary/aromatic N) is 1. The van der Waals surface area contributed by atoms with Crippen molar-refractivity contribution in [1.82, 2.24) is 4.90 Å². The number of aliphatic hydroxyl groups excluding tert-OH is 1. The minimum absolute atomic E-state index is 0.0779. The van der Waals surface area contributed by atoms with Crippen LogP contribution in [0.2, 0.25) is 0 Å². The highest BCUT2D eigenvalue weighted by atomic mass is 16.3. The average molecular weight is 287 g/mol.